The molecule has 0 N–H and O–H groups in total. The molecule has 0 saturated heterocycles. The number of esters is 2. The molecule has 0 radical (unpaired) electrons. The second-order valence-corrected chi connectivity index (χ2v) is 9.52. The molecule has 0 aliphatic carbocycles. The van der Waals surface area contributed by atoms with Gasteiger partial charge in [-0.25, -0.2) is 4.79 Å². The smallest absolute Gasteiger partial charge is 0.790 e. The molecule has 43 heavy (non-hydrogen) atoms. The Balaban J connectivity index is -0.0000000836. The van der Waals surface area contributed by atoms with Crippen molar-refractivity contribution in [3.63, 3.8) is 0 Å². The van der Waals surface area contributed by atoms with Crippen molar-refractivity contribution in [2.75, 3.05) is 13.2 Å². The number of hydrogen-bond acceptors (Lipinski definition) is 8. The zero-order valence-corrected chi connectivity index (χ0v) is 31.6. The van der Waals surface area contributed by atoms with Crippen molar-refractivity contribution in [2.24, 2.45) is 0 Å². The molecule has 0 aliphatic heterocycles. The third-order valence-corrected chi connectivity index (χ3v) is 5.42. The Morgan fingerprint density at radius 2 is 1.16 bits per heavy atom. The number of hydrogen-bond donors (Lipinski definition) is 0. The van der Waals surface area contributed by atoms with Crippen LogP contribution in [0.1, 0.15) is 107 Å². The zero-order chi connectivity index (χ0) is 29.7. The van der Waals surface area contributed by atoms with Gasteiger partial charge < -0.3 is 28.3 Å². The number of unbranched alkanes of at least 4 members (excludes halogenated alkanes) is 10. The van der Waals surface area contributed by atoms with Crippen LogP contribution >= 0.6 is 21.3 Å². The van der Waals surface area contributed by atoms with Crippen molar-refractivity contribution < 1.29 is 113 Å². The molecule has 0 aromatic heterocycles. The van der Waals surface area contributed by atoms with Gasteiger partial charge in [0, 0.05) is 28.0 Å². The van der Waals surface area contributed by atoms with Gasteiger partial charge >= 0.3 is 71.1 Å². The van der Waals surface area contributed by atoms with Crippen LogP contribution in [0.3, 0.4) is 0 Å². The summed E-state index contributed by atoms with van der Waals surface area (Å²) in [6, 6.07) is 0. The molecule has 0 aromatic rings. The molecule has 0 unspecified atom stereocenters. The Kier molecular flexibility index (Phi) is 39.9. The molecule has 0 amide bonds. The Morgan fingerprint density at radius 3 is 1.63 bits per heavy atom. The van der Waals surface area contributed by atoms with Crippen LogP contribution in [0.2, 0.25) is 0 Å². The van der Waals surface area contributed by atoms with Crippen molar-refractivity contribution in [3.8, 4) is 71.0 Å². The fourth-order valence-corrected chi connectivity index (χ4v) is 3.42. The largest absolute Gasteiger partial charge is 1.00 e. The summed E-state index contributed by atoms with van der Waals surface area (Å²) in [6.45, 7) is 2.52. The summed E-state index contributed by atoms with van der Waals surface area (Å²) >= 11 is 0. The molecule has 0 heterocycles. The van der Waals surface area contributed by atoms with E-state index in [1.807, 2.05) is 0 Å². The SMILES string of the molecule is CC#CC#CC#CC#CC#CC#CC(=O)OC[C@@H](COP(=O)([O-])[O-])OC(=O)CCCCCCCCCCCCC.S.[HH].[HH].[HH].[HH].[HH].[HH].[HH].[HH].[HH].[HH].[HH].[Na+].[Na+]. The van der Waals surface area contributed by atoms with Gasteiger partial charge in [0.05, 0.1) is 14.4 Å². The van der Waals surface area contributed by atoms with Crippen molar-refractivity contribution in [1.82, 2.24) is 0 Å². The molecule has 0 rings (SSSR count). The van der Waals surface area contributed by atoms with Crippen molar-refractivity contribution in [1.29, 1.82) is 0 Å². The maximum atomic E-state index is 12.1. The Labute approximate surface area is 325 Å². The summed E-state index contributed by atoms with van der Waals surface area (Å²) in [4.78, 5) is 45.5. The topological polar surface area (TPSA) is 125 Å². The van der Waals surface area contributed by atoms with Gasteiger partial charge in [0.25, 0.3) is 0 Å². The van der Waals surface area contributed by atoms with Crippen LogP contribution in [-0.4, -0.2) is 31.3 Å². The summed E-state index contributed by atoms with van der Waals surface area (Å²) in [7, 11) is -5.31. The van der Waals surface area contributed by atoms with Gasteiger partial charge in [-0.05, 0) is 72.5 Å². The third kappa shape index (κ3) is 38.7. The first-order valence-corrected chi connectivity index (χ1v) is 14.7. The summed E-state index contributed by atoms with van der Waals surface area (Å²) in [6.07, 6.45) is 11.2. The van der Waals surface area contributed by atoms with Gasteiger partial charge in [0.1, 0.15) is 6.61 Å². The van der Waals surface area contributed by atoms with E-state index in [2.05, 4.69) is 82.5 Å². The van der Waals surface area contributed by atoms with Gasteiger partial charge in [0.2, 0.25) is 0 Å². The van der Waals surface area contributed by atoms with Crippen LogP contribution in [0.25, 0.3) is 0 Å². The Morgan fingerprint density at radius 1 is 0.721 bits per heavy atom. The second kappa shape index (κ2) is 35.2. The van der Waals surface area contributed by atoms with Gasteiger partial charge in [-0.15, -0.1) is 0 Å². The van der Waals surface area contributed by atoms with E-state index < -0.39 is 39.1 Å². The fraction of sp³-hybridized carbons (Fsp3) is 0.548. The van der Waals surface area contributed by atoms with Crippen LogP contribution in [0.4, 0.5) is 0 Å². The van der Waals surface area contributed by atoms with E-state index >= 15 is 0 Å². The average Bonchev–Trinajstić information content (AvgIpc) is 2.91. The predicted octanol–water partition coefficient (Wildman–Crippen LogP) is -0.145. The van der Waals surface area contributed by atoms with Crippen LogP contribution in [0, 0.1) is 71.0 Å². The molecule has 0 bridgehead atoms. The van der Waals surface area contributed by atoms with Crippen molar-refractivity contribution in [2.45, 2.75) is 97.0 Å². The monoisotopic (exact) mass is 668 g/mol. The van der Waals surface area contributed by atoms with Crippen LogP contribution in [-0.2, 0) is 28.2 Å². The normalized spacial score (nSPS) is 9.30. The van der Waals surface area contributed by atoms with Gasteiger partial charge in [-0.2, -0.15) is 13.5 Å². The van der Waals surface area contributed by atoms with E-state index in [0.29, 0.717) is 6.42 Å². The fourth-order valence-electron chi connectivity index (χ4n) is 3.07. The van der Waals surface area contributed by atoms with E-state index in [0.717, 1.165) is 19.3 Å². The second-order valence-electron chi connectivity index (χ2n) is 8.36. The maximum Gasteiger partial charge on any atom is 1.00 e. The molecule has 0 saturated carbocycles. The molecule has 0 spiro atoms. The van der Waals surface area contributed by atoms with E-state index in [9.17, 15) is 23.9 Å². The minimum absolute atomic E-state index is 0. The first kappa shape index (κ1) is 48.7. The predicted molar refractivity (Wildman–Crippen MR) is 181 cm³/mol. The number of rotatable bonds is 18. The molecule has 8 nitrogen and oxygen atoms in total. The molecule has 0 aromatic carbocycles. The summed E-state index contributed by atoms with van der Waals surface area (Å²) < 4.78 is 25.0. The first-order chi connectivity index (χ1) is 19.3. The minimum Gasteiger partial charge on any atom is -0.790 e. The van der Waals surface area contributed by atoms with Crippen molar-refractivity contribution in [3.05, 3.63) is 0 Å². The number of phosphoric ester groups is 1. The molecule has 12 heteroatoms. The molecule has 0 fully saturated rings. The van der Waals surface area contributed by atoms with Gasteiger partial charge in [0.15, 0.2) is 6.10 Å². The van der Waals surface area contributed by atoms with Crippen LogP contribution < -0.4 is 68.9 Å². The van der Waals surface area contributed by atoms with Crippen LogP contribution in [0.5, 0.6) is 0 Å². The maximum absolute atomic E-state index is 12.1. The number of carbonyl (C=O) groups excluding carboxylic acids is 2. The standard InChI is InChI=1S/C31H37O8P.2Na.H2S.11H2/c1-3-5-7-9-11-13-15-17-19-21-23-25-30(32)37-27-29(28-38-40(34,35)36)39-31(33)26-24-22-20-18-16-14-12-10-8-6-4-2;;;;;;;;;;;;;;/h29H,4,6,8,10,12,14,16,18,20,22,24,26-28H2,1-2H3,(H2,34,35,36);;;1H2;11*1H/q;2*+1;;;;;;;;;;;;/p-2/t29-;;;;;;;;;;;;;;/m0............../s1. The summed E-state index contributed by atoms with van der Waals surface area (Å²) in [5.41, 5.74) is 0. The average molecular weight is 669 g/mol. The van der Waals surface area contributed by atoms with Gasteiger partial charge in [-0.1, -0.05) is 77.1 Å². The molecular weight excluding hydrogens is 609 g/mol. The van der Waals surface area contributed by atoms with Crippen LogP contribution in [0.15, 0.2) is 0 Å². The molecule has 244 valence electrons. The minimum atomic E-state index is -5.31. The first-order valence-electron chi connectivity index (χ1n) is 13.2. The summed E-state index contributed by atoms with van der Waals surface area (Å²) in [5, 5.41) is 0. The van der Waals surface area contributed by atoms with E-state index in [4.69, 9.17) is 9.47 Å². The Hall–Kier alpha value is -1.24. The molecule has 0 aliphatic rings. The molecular formula is C31H59Na2O8PS. The quantitative estimate of drug-likeness (QED) is 0.0494. The Bertz CT molecular complexity index is 1250. The van der Waals surface area contributed by atoms with Gasteiger partial charge in [-0.3, -0.25) is 4.79 Å². The van der Waals surface area contributed by atoms with E-state index in [1.54, 1.807) is 6.92 Å². The van der Waals surface area contributed by atoms with Crippen molar-refractivity contribution >= 4 is 33.3 Å². The number of carbonyl (C=O) groups is 2. The zero-order valence-electron chi connectivity index (χ0n) is 25.7. The third-order valence-electron chi connectivity index (χ3n) is 4.95. The van der Waals surface area contributed by atoms with E-state index in [-0.39, 0.29) is 94.7 Å². The summed E-state index contributed by atoms with van der Waals surface area (Å²) in [5.74, 6) is 27.1. The molecule has 1 atom stereocenters. The number of phosphoric acid groups is 1. The van der Waals surface area contributed by atoms with E-state index in [1.165, 1.54) is 44.9 Å². The number of ether oxygens (including phenoxy) is 2.